The van der Waals surface area contributed by atoms with Crippen molar-refractivity contribution in [2.45, 2.75) is 24.7 Å². The summed E-state index contributed by atoms with van der Waals surface area (Å²) in [7, 11) is 0. The molecular formula is C8H13N3. The Morgan fingerprint density at radius 3 is 2.91 bits per heavy atom. The molecule has 2 rings (SSSR count). The van der Waals surface area contributed by atoms with E-state index < -0.39 is 0 Å². The van der Waals surface area contributed by atoms with Gasteiger partial charge in [-0.3, -0.25) is 5.10 Å². The summed E-state index contributed by atoms with van der Waals surface area (Å²) >= 11 is 0. The van der Waals surface area contributed by atoms with Crippen LogP contribution >= 0.6 is 0 Å². The van der Waals surface area contributed by atoms with E-state index in [9.17, 15) is 0 Å². The molecule has 0 amide bonds. The van der Waals surface area contributed by atoms with E-state index in [4.69, 9.17) is 5.73 Å². The quantitative estimate of drug-likeness (QED) is 0.671. The zero-order valence-corrected chi connectivity index (χ0v) is 6.51. The van der Waals surface area contributed by atoms with Crippen molar-refractivity contribution in [2.75, 3.05) is 6.54 Å². The van der Waals surface area contributed by atoms with Gasteiger partial charge in [-0.25, -0.2) is 0 Å². The fraction of sp³-hybridized carbons (Fsp3) is 0.625. The summed E-state index contributed by atoms with van der Waals surface area (Å²) in [4.78, 5) is 0. The van der Waals surface area contributed by atoms with Gasteiger partial charge >= 0.3 is 0 Å². The summed E-state index contributed by atoms with van der Waals surface area (Å²) < 4.78 is 0. The number of nitrogens with two attached hydrogens (primary N) is 1. The van der Waals surface area contributed by atoms with E-state index in [0.717, 1.165) is 13.0 Å². The van der Waals surface area contributed by atoms with Gasteiger partial charge in [0.2, 0.25) is 0 Å². The minimum absolute atomic E-state index is 0.405. The zero-order chi connectivity index (χ0) is 7.73. The minimum Gasteiger partial charge on any atom is -0.330 e. The predicted molar refractivity (Wildman–Crippen MR) is 43.2 cm³/mol. The second kappa shape index (κ2) is 2.34. The van der Waals surface area contributed by atoms with Gasteiger partial charge in [0.25, 0.3) is 0 Å². The van der Waals surface area contributed by atoms with Crippen LogP contribution in [-0.2, 0) is 5.41 Å². The van der Waals surface area contributed by atoms with Crippen molar-refractivity contribution in [3.63, 3.8) is 0 Å². The number of nitrogens with one attached hydrogen (secondary N) is 1. The molecule has 1 saturated carbocycles. The van der Waals surface area contributed by atoms with Gasteiger partial charge in [0.1, 0.15) is 0 Å². The van der Waals surface area contributed by atoms with Gasteiger partial charge in [-0.15, -0.1) is 0 Å². The molecule has 1 fully saturated rings. The van der Waals surface area contributed by atoms with E-state index in [1.54, 1.807) is 0 Å². The van der Waals surface area contributed by atoms with Crippen molar-refractivity contribution in [1.82, 2.24) is 10.2 Å². The Hall–Kier alpha value is -0.830. The van der Waals surface area contributed by atoms with Gasteiger partial charge in [-0.2, -0.15) is 5.10 Å². The first-order chi connectivity index (χ1) is 5.37. The summed E-state index contributed by atoms with van der Waals surface area (Å²) in [5, 5.41) is 6.79. The second-order valence-corrected chi connectivity index (χ2v) is 3.31. The van der Waals surface area contributed by atoms with Crippen molar-refractivity contribution in [3.8, 4) is 0 Å². The minimum atomic E-state index is 0.405. The summed E-state index contributed by atoms with van der Waals surface area (Å²) in [5.74, 6) is 0. The van der Waals surface area contributed by atoms with Crippen LogP contribution in [0.15, 0.2) is 12.4 Å². The third-order valence-electron chi connectivity index (χ3n) is 2.59. The summed E-state index contributed by atoms with van der Waals surface area (Å²) in [6.45, 7) is 0.783. The lowest BCUT2D eigenvalue weighted by Gasteiger charge is -2.09. The van der Waals surface area contributed by atoms with Crippen LogP contribution in [0.3, 0.4) is 0 Å². The maximum atomic E-state index is 5.53. The average molecular weight is 151 g/mol. The molecule has 1 aliphatic rings. The highest BCUT2D eigenvalue weighted by molar-refractivity contribution is 5.26. The van der Waals surface area contributed by atoms with Gasteiger partial charge in [0.15, 0.2) is 0 Å². The van der Waals surface area contributed by atoms with Gasteiger partial charge in [-0.1, -0.05) is 0 Å². The number of hydrogen-bond donors (Lipinski definition) is 2. The first-order valence-corrected chi connectivity index (χ1v) is 4.07. The Morgan fingerprint density at radius 1 is 1.64 bits per heavy atom. The monoisotopic (exact) mass is 151 g/mol. The maximum Gasteiger partial charge on any atom is 0.0524 e. The van der Waals surface area contributed by atoms with Crippen LogP contribution in [0.25, 0.3) is 0 Å². The van der Waals surface area contributed by atoms with E-state index in [2.05, 4.69) is 10.2 Å². The SMILES string of the molecule is NCCC1(c2cn[nH]c2)CC1. The topological polar surface area (TPSA) is 54.7 Å². The average Bonchev–Trinajstić information content (AvgIpc) is 2.63. The number of nitrogens with zero attached hydrogens (tertiary/aromatic N) is 1. The third-order valence-corrected chi connectivity index (χ3v) is 2.59. The third kappa shape index (κ3) is 1.05. The first-order valence-electron chi connectivity index (χ1n) is 4.07. The summed E-state index contributed by atoms with van der Waals surface area (Å²) in [6.07, 6.45) is 7.57. The second-order valence-electron chi connectivity index (χ2n) is 3.31. The smallest absolute Gasteiger partial charge is 0.0524 e. The fourth-order valence-corrected chi connectivity index (χ4v) is 1.65. The van der Waals surface area contributed by atoms with Crippen LogP contribution < -0.4 is 5.73 Å². The molecule has 0 atom stereocenters. The molecule has 0 unspecified atom stereocenters. The van der Waals surface area contributed by atoms with Crippen LogP contribution in [-0.4, -0.2) is 16.7 Å². The number of aromatic amines is 1. The van der Waals surface area contributed by atoms with Crippen molar-refractivity contribution >= 4 is 0 Å². The normalized spacial score (nSPS) is 20.1. The molecule has 0 radical (unpaired) electrons. The molecule has 60 valence electrons. The highest BCUT2D eigenvalue weighted by atomic mass is 15.1. The lowest BCUT2D eigenvalue weighted by atomic mass is 9.96. The Morgan fingerprint density at radius 2 is 2.45 bits per heavy atom. The van der Waals surface area contributed by atoms with E-state index in [1.165, 1.54) is 18.4 Å². The van der Waals surface area contributed by atoms with Gasteiger partial charge < -0.3 is 5.73 Å². The van der Waals surface area contributed by atoms with Gasteiger partial charge in [0, 0.05) is 6.20 Å². The van der Waals surface area contributed by atoms with Crippen LogP contribution in [0.1, 0.15) is 24.8 Å². The predicted octanol–water partition coefficient (Wildman–Crippen LogP) is 0.790. The summed E-state index contributed by atoms with van der Waals surface area (Å²) in [5.41, 5.74) is 7.27. The first kappa shape index (κ1) is 6.85. The van der Waals surface area contributed by atoms with Crippen LogP contribution in [0.4, 0.5) is 0 Å². The molecule has 11 heavy (non-hydrogen) atoms. The molecule has 0 saturated heterocycles. The van der Waals surface area contributed by atoms with Crippen molar-refractivity contribution in [1.29, 1.82) is 0 Å². The number of aromatic nitrogens is 2. The molecule has 1 heterocycles. The number of H-pyrrole nitrogens is 1. The fourth-order valence-electron chi connectivity index (χ4n) is 1.65. The lowest BCUT2D eigenvalue weighted by molar-refractivity contribution is 0.629. The molecule has 3 nitrogen and oxygen atoms in total. The van der Waals surface area contributed by atoms with Crippen LogP contribution in [0.2, 0.25) is 0 Å². The maximum absolute atomic E-state index is 5.53. The van der Waals surface area contributed by atoms with Crippen LogP contribution in [0, 0.1) is 0 Å². The summed E-state index contributed by atoms with van der Waals surface area (Å²) in [6, 6.07) is 0. The van der Waals surface area contributed by atoms with Gasteiger partial charge in [0.05, 0.1) is 6.20 Å². The van der Waals surface area contributed by atoms with Gasteiger partial charge in [-0.05, 0) is 36.8 Å². The molecule has 0 bridgehead atoms. The molecule has 0 aliphatic heterocycles. The lowest BCUT2D eigenvalue weighted by Crippen LogP contribution is -2.12. The number of hydrogen-bond acceptors (Lipinski definition) is 2. The van der Waals surface area contributed by atoms with Crippen molar-refractivity contribution in [3.05, 3.63) is 18.0 Å². The molecular weight excluding hydrogens is 138 g/mol. The van der Waals surface area contributed by atoms with Crippen LogP contribution in [0.5, 0.6) is 0 Å². The standard InChI is InChI=1S/C8H13N3/c9-4-3-8(1-2-8)7-5-10-11-6-7/h5-6H,1-4,9H2,(H,10,11). The van der Waals surface area contributed by atoms with E-state index >= 15 is 0 Å². The number of rotatable bonds is 3. The Kier molecular flexibility index (Phi) is 1.46. The molecule has 3 heteroatoms. The van der Waals surface area contributed by atoms with E-state index in [-0.39, 0.29) is 0 Å². The molecule has 1 aliphatic carbocycles. The molecule has 3 N–H and O–H groups in total. The zero-order valence-electron chi connectivity index (χ0n) is 6.51. The molecule has 1 aromatic rings. The molecule has 0 aromatic carbocycles. The van der Waals surface area contributed by atoms with E-state index in [0.29, 0.717) is 5.41 Å². The Balaban J connectivity index is 2.15. The van der Waals surface area contributed by atoms with Crippen molar-refractivity contribution in [2.24, 2.45) is 5.73 Å². The highest BCUT2D eigenvalue weighted by Crippen LogP contribution is 2.50. The van der Waals surface area contributed by atoms with E-state index in [1.807, 2.05) is 12.4 Å². The molecule has 1 aromatic heterocycles. The largest absolute Gasteiger partial charge is 0.330 e. The van der Waals surface area contributed by atoms with Crippen molar-refractivity contribution < 1.29 is 0 Å². The Labute approximate surface area is 66.0 Å². The highest BCUT2D eigenvalue weighted by Gasteiger charge is 2.43. The molecule has 0 spiro atoms. The Bertz CT molecular complexity index is 223.